The lowest BCUT2D eigenvalue weighted by molar-refractivity contribution is 0.0627. The van der Waals surface area contributed by atoms with Crippen LogP contribution in [-0.2, 0) is 13.0 Å². The number of aromatic nitrogens is 1. The topological polar surface area (TPSA) is 64.1 Å². The van der Waals surface area contributed by atoms with Crippen LogP contribution < -0.4 is 14.2 Å². The summed E-state index contributed by atoms with van der Waals surface area (Å²) in [6.07, 6.45) is 4.19. The zero-order valence-electron chi connectivity index (χ0n) is 19.1. The maximum absolute atomic E-state index is 13.3. The summed E-state index contributed by atoms with van der Waals surface area (Å²) >= 11 is 12.3. The zero-order valence-corrected chi connectivity index (χ0v) is 20.6. The highest BCUT2D eigenvalue weighted by atomic mass is 35.5. The Morgan fingerprint density at radius 1 is 1.00 bits per heavy atom. The summed E-state index contributed by atoms with van der Waals surface area (Å²) in [4.78, 5) is 21.6. The fraction of sp³-hybridized carbons (Fsp3) is 0.308. The van der Waals surface area contributed by atoms with Gasteiger partial charge in [0.15, 0.2) is 11.5 Å². The molecule has 35 heavy (non-hydrogen) atoms. The molecule has 182 valence electrons. The number of hydrogen-bond donors (Lipinski definition) is 0. The molecule has 3 heterocycles. The average Bonchev–Trinajstić information content (AvgIpc) is 3.35. The van der Waals surface area contributed by atoms with Crippen molar-refractivity contribution in [2.75, 3.05) is 39.6 Å². The number of halogens is 2. The Morgan fingerprint density at radius 3 is 2.57 bits per heavy atom. The molecule has 1 aromatic heterocycles. The molecule has 0 N–H and O–H groups in total. The van der Waals surface area contributed by atoms with Crippen molar-refractivity contribution in [2.24, 2.45) is 0 Å². The van der Waals surface area contributed by atoms with Gasteiger partial charge in [0, 0.05) is 67.1 Å². The highest BCUT2D eigenvalue weighted by Crippen LogP contribution is 2.42. The van der Waals surface area contributed by atoms with Crippen LogP contribution in [0.1, 0.15) is 21.5 Å². The summed E-state index contributed by atoms with van der Waals surface area (Å²) in [5.41, 5.74) is 2.68. The van der Waals surface area contributed by atoms with E-state index in [9.17, 15) is 4.79 Å². The summed E-state index contributed by atoms with van der Waals surface area (Å²) in [7, 11) is 0. The van der Waals surface area contributed by atoms with E-state index in [1.807, 2.05) is 23.1 Å². The van der Waals surface area contributed by atoms with E-state index in [1.165, 1.54) is 5.56 Å². The fourth-order valence-corrected chi connectivity index (χ4v) is 4.75. The largest absolute Gasteiger partial charge is 0.489 e. The molecular formula is C26H25Cl2N3O4. The second-order valence-electron chi connectivity index (χ2n) is 8.47. The zero-order chi connectivity index (χ0) is 24.2. The molecule has 2 aromatic carbocycles. The molecule has 0 spiro atoms. The van der Waals surface area contributed by atoms with Gasteiger partial charge in [-0.3, -0.25) is 14.7 Å². The van der Waals surface area contributed by atoms with Gasteiger partial charge in [-0.1, -0.05) is 29.3 Å². The summed E-state index contributed by atoms with van der Waals surface area (Å²) in [5.74, 6) is 1.49. The van der Waals surface area contributed by atoms with Crippen molar-refractivity contribution in [3.05, 3.63) is 81.6 Å². The van der Waals surface area contributed by atoms with Crippen LogP contribution >= 0.6 is 23.2 Å². The Kier molecular flexibility index (Phi) is 7.27. The van der Waals surface area contributed by atoms with Gasteiger partial charge >= 0.3 is 0 Å². The van der Waals surface area contributed by atoms with Crippen LogP contribution in [-0.4, -0.2) is 60.3 Å². The molecule has 3 aromatic rings. The van der Waals surface area contributed by atoms with Crippen molar-refractivity contribution in [3.63, 3.8) is 0 Å². The second kappa shape index (κ2) is 10.7. The number of nitrogens with zero attached hydrogens (tertiary/aromatic N) is 3. The number of carbonyl (C=O) groups excluding carboxylic acids is 1. The van der Waals surface area contributed by atoms with Crippen molar-refractivity contribution in [1.82, 2.24) is 14.8 Å². The molecule has 7 nitrogen and oxygen atoms in total. The van der Waals surface area contributed by atoms with Crippen LogP contribution in [0.3, 0.4) is 0 Å². The van der Waals surface area contributed by atoms with Gasteiger partial charge in [0.05, 0.1) is 6.61 Å². The number of hydrogen-bond acceptors (Lipinski definition) is 6. The SMILES string of the molecule is O=C(c1cc(OCCc2ccc(Cl)cc2Cl)c2c(c1)OCO2)N1CCN(Cc2ccncc2)CC1. The minimum Gasteiger partial charge on any atom is -0.489 e. The molecule has 0 bridgehead atoms. The summed E-state index contributed by atoms with van der Waals surface area (Å²) < 4.78 is 17.2. The van der Waals surface area contributed by atoms with Gasteiger partial charge in [0.2, 0.25) is 12.5 Å². The Bertz CT molecular complexity index is 1200. The number of carbonyl (C=O) groups is 1. The van der Waals surface area contributed by atoms with E-state index in [0.29, 0.717) is 59.0 Å². The third-order valence-electron chi connectivity index (χ3n) is 6.14. The number of pyridine rings is 1. The normalized spacial score (nSPS) is 15.3. The van der Waals surface area contributed by atoms with Crippen molar-refractivity contribution in [1.29, 1.82) is 0 Å². The monoisotopic (exact) mass is 513 g/mol. The Labute approximate surface area is 214 Å². The maximum Gasteiger partial charge on any atom is 0.254 e. The molecule has 9 heteroatoms. The first-order chi connectivity index (χ1) is 17.1. The Balaban J connectivity index is 1.23. The summed E-state index contributed by atoms with van der Waals surface area (Å²) in [6.45, 7) is 4.24. The van der Waals surface area contributed by atoms with E-state index in [1.54, 1.807) is 36.7 Å². The molecule has 0 aliphatic carbocycles. The highest BCUT2D eigenvalue weighted by Gasteiger charge is 2.27. The smallest absolute Gasteiger partial charge is 0.254 e. The molecule has 0 radical (unpaired) electrons. The van der Waals surface area contributed by atoms with Gasteiger partial charge in [0.25, 0.3) is 5.91 Å². The van der Waals surface area contributed by atoms with E-state index in [0.717, 1.165) is 25.2 Å². The fourth-order valence-electron chi connectivity index (χ4n) is 4.24. The lowest BCUT2D eigenvalue weighted by Crippen LogP contribution is -2.48. The first-order valence-corrected chi connectivity index (χ1v) is 12.2. The van der Waals surface area contributed by atoms with Gasteiger partial charge in [-0.25, -0.2) is 0 Å². The molecule has 5 rings (SSSR count). The third-order valence-corrected chi connectivity index (χ3v) is 6.73. The molecule has 1 saturated heterocycles. The predicted molar refractivity (Wildman–Crippen MR) is 134 cm³/mol. The van der Waals surface area contributed by atoms with E-state index in [2.05, 4.69) is 9.88 Å². The van der Waals surface area contributed by atoms with E-state index >= 15 is 0 Å². The van der Waals surface area contributed by atoms with Crippen LogP contribution in [0.5, 0.6) is 17.2 Å². The minimum atomic E-state index is -0.0440. The van der Waals surface area contributed by atoms with Crippen molar-refractivity contribution < 1.29 is 19.0 Å². The molecule has 0 atom stereocenters. The third kappa shape index (κ3) is 5.64. The highest BCUT2D eigenvalue weighted by molar-refractivity contribution is 6.35. The van der Waals surface area contributed by atoms with Crippen LogP contribution in [0.4, 0.5) is 0 Å². The second-order valence-corrected chi connectivity index (χ2v) is 9.31. The van der Waals surface area contributed by atoms with Gasteiger partial charge in [-0.2, -0.15) is 0 Å². The molecule has 1 amide bonds. The van der Waals surface area contributed by atoms with E-state index in [4.69, 9.17) is 37.4 Å². The Morgan fingerprint density at radius 2 is 1.80 bits per heavy atom. The number of benzene rings is 2. The van der Waals surface area contributed by atoms with Gasteiger partial charge < -0.3 is 19.1 Å². The molecule has 0 saturated carbocycles. The van der Waals surface area contributed by atoms with Crippen molar-refractivity contribution in [3.8, 4) is 17.2 Å². The summed E-state index contributed by atoms with van der Waals surface area (Å²) in [5, 5.41) is 1.19. The molecule has 2 aliphatic heterocycles. The van der Waals surface area contributed by atoms with Crippen molar-refractivity contribution in [2.45, 2.75) is 13.0 Å². The average molecular weight is 514 g/mol. The number of rotatable bonds is 7. The van der Waals surface area contributed by atoms with Crippen LogP contribution in [0.2, 0.25) is 10.0 Å². The van der Waals surface area contributed by atoms with Crippen LogP contribution in [0, 0.1) is 0 Å². The molecule has 1 fully saturated rings. The first-order valence-electron chi connectivity index (χ1n) is 11.5. The van der Waals surface area contributed by atoms with Gasteiger partial charge in [0.1, 0.15) is 0 Å². The predicted octanol–water partition coefficient (Wildman–Crippen LogP) is 4.70. The standard InChI is InChI=1S/C26H25Cl2N3O4/c27-21-2-1-19(22(28)15-21)5-12-33-23-13-20(14-24-25(23)35-17-34-24)26(32)31-10-8-30(9-11-31)16-18-3-6-29-7-4-18/h1-4,6-7,13-15H,5,8-12,16-17H2. The van der Waals surface area contributed by atoms with Gasteiger partial charge in [-0.05, 0) is 47.5 Å². The van der Waals surface area contributed by atoms with Crippen LogP contribution in [0.25, 0.3) is 0 Å². The summed E-state index contributed by atoms with van der Waals surface area (Å²) in [6, 6.07) is 12.9. The van der Waals surface area contributed by atoms with Crippen LogP contribution in [0.15, 0.2) is 54.9 Å². The van der Waals surface area contributed by atoms with E-state index in [-0.39, 0.29) is 12.7 Å². The lowest BCUT2D eigenvalue weighted by Gasteiger charge is -2.34. The molecule has 2 aliphatic rings. The van der Waals surface area contributed by atoms with Gasteiger partial charge in [-0.15, -0.1) is 0 Å². The number of fused-ring (bicyclic) bond motifs is 1. The first kappa shape index (κ1) is 23.7. The quantitative estimate of drug-likeness (QED) is 0.456. The number of amides is 1. The molecular weight excluding hydrogens is 489 g/mol. The minimum absolute atomic E-state index is 0.0440. The number of ether oxygens (including phenoxy) is 3. The lowest BCUT2D eigenvalue weighted by atomic mass is 10.1. The number of piperazine rings is 1. The maximum atomic E-state index is 13.3. The van der Waals surface area contributed by atoms with E-state index < -0.39 is 0 Å². The Hall–Kier alpha value is -3.00. The van der Waals surface area contributed by atoms with Crippen molar-refractivity contribution >= 4 is 29.1 Å². The molecule has 0 unspecified atom stereocenters.